The van der Waals surface area contributed by atoms with Gasteiger partial charge in [0.25, 0.3) is 0 Å². The lowest BCUT2D eigenvalue weighted by molar-refractivity contribution is -0.146. The second-order valence-electron chi connectivity index (χ2n) is 18.0. The minimum Gasteiger partial charge on any atom is -0.481 e. The summed E-state index contributed by atoms with van der Waals surface area (Å²) in [5.74, 6) is -1.31. The van der Waals surface area contributed by atoms with E-state index in [4.69, 9.17) is 8.85 Å². The van der Waals surface area contributed by atoms with Crippen LogP contribution < -0.4 is 0 Å². The monoisotopic (exact) mass is 737 g/mol. The van der Waals surface area contributed by atoms with E-state index in [1.165, 1.54) is 5.57 Å². The van der Waals surface area contributed by atoms with E-state index in [-0.39, 0.29) is 34.3 Å². The summed E-state index contributed by atoms with van der Waals surface area (Å²) in [4.78, 5) is 31.1. The van der Waals surface area contributed by atoms with E-state index in [1.807, 2.05) is 46.1 Å². The molecule has 0 aliphatic carbocycles. The van der Waals surface area contributed by atoms with Gasteiger partial charge in [0, 0.05) is 16.7 Å². The Labute approximate surface area is 305 Å². The molecule has 0 saturated carbocycles. The van der Waals surface area contributed by atoms with E-state index in [2.05, 4.69) is 92.6 Å². The predicted octanol–water partition coefficient (Wildman–Crippen LogP) is 10.8. The standard InChI is InChI=1S/C39H71NO6SSi2/c1-26(21-22-32(41)28(3)23-31-25-47-30(5)40-31)19-18-20-27(2)35(46-49(16,17)38(9,10)11)29(4)36(44)39(12,13)33(24-34(42)43)45-48(14,15)37(6,7)8/h21,23,25,27,29,32-33,35,41H,18-20,22,24H2,1-17H3,(H,42,43)/b26-21+,28-23+/t27-,29+,32-,33-,35-/m0/s1. The summed E-state index contributed by atoms with van der Waals surface area (Å²) in [6, 6.07) is 0. The van der Waals surface area contributed by atoms with Crippen molar-refractivity contribution in [3.63, 3.8) is 0 Å². The highest BCUT2D eigenvalue weighted by molar-refractivity contribution is 7.09. The fourth-order valence-corrected chi connectivity index (χ4v) is 8.99. The molecule has 1 rings (SSSR count). The van der Waals surface area contributed by atoms with Crippen LogP contribution in [-0.2, 0) is 18.4 Å². The Hall–Kier alpha value is -1.44. The zero-order valence-electron chi connectivity index (χ0n) is 34.0. The number of carbonyl (C=O) groups excluding carboxylic acids is 1. The smallest absolute Gasteiger partial charge is 0.305 e. The molecule has 0 spiro atoms. The Kier molecular flexibility index (Phi) is 16.6. The van der Waals surface area contributed by atoms with Crippen LogP contribution in [0.4, 0.5) is 0 Å². The van der Waals surface area contributed by atoms with Gasteiger partial charge in [-0.2, -0.15) is 0 Å². The van der Waals surface area contributed by atoms with Crippen molar-refractivity contribution < 1.29 is 28.7 Å². The topological polar surface area (TPSA) is 106 Å². The Morgan fingerprint density at radius 3 is 1.96 bits per heavy atom. The Morgan fingerprint density at radius 2 is 1.49 bits per heavy atom. The third kappa shape index (κ3) is 13.6. The summed E-state index contributed by atoms with van der Waals surface area (Å²) in [6.07, 6.45) is 5.52. The molecule has 1 aromatic heterocycles. The van der Waals surface area contributed by atoms with Crippen LogP contribution >= 0.6 is 11.3 Å². The van der Waals surface area contributed by atoms with Crippen molar-refractivity contribution >= 4 is 45.8 Å². The fraction of sp³-hybridized carbons (Fsp3) is 0.769. The van der Waals surface area contributed by atoms with Crippen molar-refractivity contribution in [2.45, 2.75) is 177 Å². The summed E-state index contributed by atoms with van der Waals surface area (Å²) in [5, 5.41) is 23.5. The summed E-state index contributed by atoms with van der Waals surface area (Å²) in [6.45, 7) is 35.6. The van der Waals surface area contributed by atoms with Gasteiger partial charge in [0.05, 0.1) is 35.4 Å². The van der Waals surface area contributed by atoms with E-state index >= 15 is 0 Å². The molecule has 0 unspecified atom stereocenters. The van der Waals surface area contributed by atoms with Crippen molar-refractivity contribution in [1.29, 1.82) is 0 Å². The zero-order valence-corrected chi connectivity index (χ0v) is 36.9. The van der Waals surface area contributed by atoms with Gasteiger partial charge in [0.15, 0.2) is 16.6 Å². The highest BCUT2D eigenvalue weighted by Gasteiger charge is 2.49. The van der Waals surface area contributed by atoms with Crippen LogP contribution in [0.25, 0.3) is 6.08 Å². The second-order valence-corrected chi connectivity index (χ2v) is 28.6. The quantitative estimate of drug-likeness (QED) is 0.108. The van der Waals surface area contributed by atoms with Gasteiger partial charge in [-0.15, -0.1) is 11.3 Å². The van der Waals surface area contributed by atoms with Crippen LogP contribution in [0.5, 0.6) is 0 Å². The number of Topliss-reactive ketones (excluding diaryl/α,β-unsaturated/α-hetero) is 1. The maximum atomic E-state index is 14.5. The number of carboxylic acids is 1. The number of allylic oxidation sites excluding steroid dienone is 1. The molecule has 49 heavy (non-hydrogen) atoms. The minimum absolute atomic E-state index is 0.00526. The summed E-state index contributed by atoms with van der Waals surface area (Å²) >= 11 is 1.60. The van der Waals surface area contributed by atoms with Crippen LogP contribution in [-0.4, -0.2) is 61.9 Å². The Morgan fingerprint density at radius 1 is 0.959 bits per heavy atom. The van der Waals surface area contributed by atoms with Gasteiger partial charge in [-0.25, -0.2) is 4.98 Å². The first-order valence-electron chi connectivity index (χ1n) is 18.1. The average Bonchev–Trinajstić information content (AvgIpc) is 3.35. The first-order valence-corrected chi connectivity index (χ1v) is 24.8. The molecule has 0 bridgehead atoms. The number of ketones is 1. The molecule has 10 heteroatoms. The number of aliphatic hydroxyl groups excluding tert-OH is 1. The van der Waals surface area contributed by atoms with Crippen molar-refractivity contribution in [3.05, 3.63) is 33.3 Å². The highest BCUT2D eigenvalue weighted by atomic mass is 32.1. The van der Waals surface area contributed by atoms with Crippen molar-refractivity contribution in [1.82, 2.24) is 4.98 Å². The fourth-order valence-electron chi connectivity index (χ4n) is 5.50. The number of thiazole rings is 1. The number of rotatable bonds is 19. The van der Waals surface area contributed by atoms with Crippen molar-refractivity contribution in [2.24, 2.45) is 17.3 Å². The van der Waals surface area contributed by atoms with Gasteiger partial charge < -0.3 is 19.1 Å². The minimum atomic E-state index is -2.37. The Bertz CT molecular complexity index is 1300. The first-order chi connectivity index (χ1) is 22.0. The van der Waals surface area contributed by atoms with E-state index < -0.39 is 46.1 Å². The maximum absolute atomic E-state index is 14.5. The van der Waals surface area contributed by atoms with Crippen LogP contribution in [0.1, 0.15) is 126 Å². The van der Waals surface area contributed by atoms with Gasteiger partial charge in [0.2, 0.25) is 0 Å². The van der Waals surface area contributed by atoms with E-state index in [1.54, 1.807) is 11.3 Å². The first kappa shape index (κ1) is 45.6. The van der Waals surface area contributed by atoms with Crippen molar-refractivity contribution in [2.75, 3.05) is 0 Å². The molecule has 0 saturated heterocycles. The van der Waals surface area contributed by atoms with Gasteiger partial charge in [-0.05, 0) is 100 Å². The number of aliphatic carboxylic acids is 1. The van der Waals surface area contributed by atoms with E-state index in [0.717, 1.165) is 35.5 Å². The number of hydrogen-bond acceptors (Lipinski definition) is 7. The lowest BCUT2D eigenvalue weighted by Crippen LogP contribution is -2.54. The molecule has 0 amide bonds. The number of nitrogens with zero attached hydrogens (tertiary/aromatic N) is 1. The van der Waals surface area contributed by atoms with E-state index in [9.17, 15) is 19.8 Å². The highest BCUT2D eigenvalue weighted by Crippen LogP contribution is 2.44. The normalized spacial score (nSPS) is 17.4. The molecular formula is C39H71NO6SSi2. The van der Waals surface area contributed by atoms with Gasteiger partial charge in [-0.3, -0.25) is 9.59 Å². The molecule has 1 heterocycles. The number of hydrogen-bond donors (Lipinski definition) is 2. The SMILES string of the molecule is C/C(=C\C[C@H](O)/C(C)=C/c1csc(C)n1)CCC[C@H](C)[C@H](O[Si](C)(C)C(C)(C)C)[C@@H](C)C(=O)C(C)(C)[C@H](CC(=O)O)O[Si](C)(C)C(C)(C)C. The molecule has 282 valence electrons. The molecule has 2 N–H and O–H groups in total. The molecule has 5 atom stereocenters. The maximum Gasteiger partial charge on any atom is 0.305 e. The predicted molar refractivity (Wildman–Crippen MR) is 212 cm³/mol. The van der Waals surface area contributed by atoms with Gasteiger partial charge in [0.1, 0.15) is 5.78 Å². The number of carboxylic acid groups (broad SMARTS) is 1. The largest absolute Gasteiger partial charge is 0.481 e. The summed E-state index contributed by atoms with van der Waals surface area (Å²) in [7, 11) is -4.63. The molecule has 0 radical (unpaired) electrons. The van der Waals surface area contributed by atoms with Gasteiger partial charge >= 0.3 is 5.97 Å². The third-order valence-corrected chi connectivity index (χ3v) is 21.0. The third-order valence-electron chi connectivity index (χ3n) is 11.2. The number of aromatic nitrogens is 1. The van der Waals surface area contributed by atoms with Crippen LogP contribution in [0.2, 0.25) is 36.3 Å². The summed E-state index contributed by atoms with van der Waals surface area (Å²) in [5.41, 5.74) is 2.00. The van der Waals surface area contributed by atoms with Crippen LogP contribution in [0.3, 0.4) is 0 Å². The van der Waals surface area contributed by atoms with Gasteiger partial charge in [-0.1, -0.05) is 80.9 Å². The average molecular weight is 738 g/mol. The molecule has 0 fully saturated rings. The molecular weight excluding hydrogens is 667 g/mol. The zero-order chi connectivity index (χ0) is 38.3. The molecule has 0 aliphatic heterocycles. The van der Waals surface area contributed by atoms with Crippen molar-refractivity contribution in [3.8, 4) is 0 Å². The molecule has 1 aromatic rings. The summed E-state index contributed by atoms with van der Waals surface area (Å²) < 4.78 is 13.8. The lowest BCUT2D eigenvalue weighted by atomic mass is 9.73. The molecule has 0 aromatic carbocycles. The number of aryl methyl sites for hydroxylation is 1. The van der Waals surface area contributed by atoms with E-state index in [0.29, 0.717) is 6.42 Å². The molecule has 7 nitrogen and oxygen atoms in total. The second kappa shape index (κ2) is 17.9. The lowest BCUT2D eigenvalue weighted by Gasteiger charge is -2.46. The number of aliphatic hydroxyl groups is 1. The van der Waals surface area contributed by atoms with Crippen LogP contribution in [0, 0.1) is 24.2 Å². The Balaban J connectivity index is 3.20. The molecule has 0 aliphatic rings. The van der Waals surface area contributed by atoms with Crippen LogP contribution in [0.15, 0.2) is 22.6 Å². The number of carbonyl (C=O) groups is 2.